The van der Waals surface area contributed by atoms with E-state index in [9.17, 15) is 4.21 Å². The third-order valence-corrected chi connectivity index (χ3v) is 3.96. The van der Waals surface area contributed by atoms with Crippen LogP contribution in [0.15, 0.2) is 24.3 Å². The normalized spacial score (nSPS) is 15.1. The molecule has 2 unspecified atom stereocenters. The lowest BCUT2D eigenvalue weighted by molar-refractivity contribution is 0.672. The van der Waals surface area contributed by atoms with Crippen molar-refractivity contribution in [2.45, 2.75) is 17.9 Å². The van der Waals surface area contributed by atoms with Crippen LogP contribution in [0.2, 0.25) is 5.02 Å². The summed E-state index contributed by atoms with van der Waals surface area (Å²) in [6.45, 7) is 2.35. The van der Waals surface area contributed by atoms with Gasteiger partial charge in [0, 0.05) is 33.4 Å². The average molecular weight is 232 g/mol. The summed E-state index contributed by atoms with van der Waals surface area (Å²) in [5.41, 5.74) is 6.47. The lowest BCUT2D eigenvalue weighted by Gasteiger charge is -2.08. The Morgan fingerprint density at radius 1 is 1.43 bits per heavy atom. The fourth-order valence-electron chi connectivity index (χ4n) is 0.994. The first-order chi connectivity index (χ1) is 6.63. The Morgan fingerprint density at radius 3 is 2.50 bits per heavy atom. The highest BCUT2D eigenvalue weighted by atomic mass is 35.5. The summed E-state index contributed by atoms with van der Waals surface area (Å²) in [7, 11) is -0.890. The summed E-state index contributed by atoms with van der Waals surface area (Å²) in [6.07, 6.45) is 0. The highest BCUT2D eigenvalue weighted by Gasteiger charge is 2.09. The van der Waals surface area contributed by atoms with Crippen molar-refractivity contribution < 1.29 is 4.21 Å². The van der Waals surface area contributed by atoms with Crippen LogP contribution in [0.5, 0.6) is 0 Å². The molecule has 14 heavy (non-hydrogen) atoms. The van der Waals surface area contributed by atoms with Crippen LogP contribution in [0, 0.1) is 0 Å². The van der Waals surface area contributed by atoms with Gasteiger partial charge in [0.15, 0.2) is 0 Å². The molecule has 0 fully saturated rings. The largest absolute Gasteiger partial charge is 0.329 e. The van der Waals surface area contributed by atoms with Crippen molar-refractivity contribution in [3.63, 3.8) is 0 Å². The van der Waals surface area contributed by atoms with E-state index in [1.54, 1.807) is 12.1 Å². The predicted octanol–water partition coefficient (Wildman–Crippen LogP) is 1.94. The molecule has 0 aliphatic rings. The third-order valence-electron chi connectivity index (χ3n) is 2.00. The zero-order valence-electron chi connectivity index (χ0n) is 8.07. The van der Waals surface area contributed by atoms with Crippen molar-refractivity contribution in [2.75, 3.05) is 6.54 Å². The van der Waals surface area contributed by atoms with Crippen molar-refractivity contribution in [1.29, 1.82) is 0 Å². The molecule has 0 aliphatic heterocycles. The second kappa shape index (κ2) is 5.49. The molecule has 0 saturated heterocycles. The summed E-state index contributed by atoms with van der Waals surface area (Å²) in [5, 5.41) is 0.747. The molecule has 0 spiro atoms. The molecule has 0 bridgehead atoms. The average Bonchev–Trinajstić information content (AvgIpc) is 2.20. The van der Waals surface area contributed by atoms with Gasteiger partial charge in [0.1, 0.15) is 0 Å². The van der Waals surface area contributed by atoms with Crippen LogP contribution in [-0.2, 0) is 16.6 Å². The molecule has 1 aromatic carbocycles. The zero-order valence-corrected chi connectivity index (χ0v) is 9.65. The van der Waals surface area contributed by atoms with E-state index >= 15 is 0 Å². The van der Waals surface area contributed by atoms with Gasteiger partial charge in [0.25, 0.3) is 0 Å². The van der Waals surface area contributed by atoms with Gasteiger partial charge in [0.05, 0.1) is 0 Å². The maximum Gasteiger partial charge on any atom is 0.0488 e. The van der Waals surface area contributed by atoms with E-state index in [0.29, 0.717) is 17.3 Å². The first-order valence-corrected chi connectivity index (χ1v) is 6.21. The van der Waals surface area contributed by atoms with Crippen LogP contribution in [-0.4, -0.2) is 16.0 Å². The topological polar surface area (TPSA) is 43.1 Å². The van der Waals surface area contributed by atoms with Gasteiger partial charge in [0.2, 0.25) is 0 Å². The summed E-state index contributed by atoms with van der Waals surface area (Å²) in [6, 6.07) is 7.40. The van der Waals surface area contributed by atoms with E-state index in [1.807, 2.05) is 19.1 Å². The minimum absolute atomic E-state index is 0.0469. The Morgan fingerprint density at radius 2 is 2.00 bits per heavy atom. The fourth-order valence-corrected chi connectivity index (χ4v) is 2.14. The van der Waals surface area contributed by atoms with E-state index in [4.69, 9.17) is 17.3 Å². The minimum atomic E-state index is -0.890. The van der Waals surface area contributed by atoms with Crippen LogP contribution < -0.4 is 5.73 Å². The van der Waals surface area contributed by atoms with Gasteiger partial charge < -0.3 is 5.73 Å². The number of halogens is 1. The smallest absolute Gasteiger partial charge is 0.0488 e. The minimum Gasteiger partial charge on any atom is -0.329 e. The summed E-state index contributed by atoms with van der Waals surface area (Å²) in [4.78, 5) is 0. The van der Waals surface area contributed by atoms with Gasteiger partial charge in [-0.05, 0) is 24.6 Å². The highest BCUT2D eigenvalue weighted by molar-refractivity contribution is 7.84. The van der Waals surface area contributed by atoms with Crippen LogP contribution in [0.1, 0.15) is 12.5 Å². The van der Waals surface area contributed by atoms with Gasteiger partial charge in [-0.25, -0.2) is 0 Å². The number of benzene rings is 1. The first-order valence-electron chi connectivity index (χ1n) is 4.45. The van der Waals surface area contributed by atoms with Crippen LogP contribution in [0.3, 0.4) is 0 Å². The van der Waals surface area contributed by atoms with Crippen LogP contribution in [0.25, 0.3) is 0 Å². The maximum absolute atomic E-state index is 11.6. The molecule has 0 amide bonds. The molecule has 1 aromatic rings. The van der Waals surface area contributed by atoms with Crippen molar-refractivity contribution in [2.24, 2.45) is 5.73 Å². The number of hydrogen-bond acceptors (Lipinski definition) is 2. The van der Waals surface area contributed by atoms with Crippen molar-refractivity contribution in [3.8, 4) is 0 Å². The number of nitrogens with two attached hydrogens (primary N) is 1. The molecule has 2 atom stereocenters. The zero-order chi connectivity index (χ0) is 10.6. The van der Waals surface area contributed by atoms with E-state index in [1.165, 1.54) is 0 Å². The molecule has 2 nitrogen and oxygen atoms in total. The lowest BCUT2D eigenvalue weighted by atomic mass is 10.2. The second-order valence-electron chi connectivity index (χ2n) is 3.20. The van der Waals surface area contributed by atoms with E-state index in [0.717, 1.165) is 5.56 Å². The molecule has 0 heterocycles. The molecule has 78 valence electrons. The molecule has 4 heteroatoms. The molecule has 2 N–H and O–H groups in total. The van der Waals surface area contributed by atoms with Gasteiger partial charge in [-0.3, -0.25) is 4.21 Å². The summed E-state index contributed by atoms with van der Waals surface area (Å²) in [5.74, 6) is 0.551. The predicted molar refractivity (Wildman–Crippen MR) is 61.8 cm³/mol. The second-order valence-corrected chi connectivity index (χ2v) is 5.49. The molecular weight excluding hydrogens is 218 g/mol. The van der Waals surface area contributed by atoms with Crippen molar-refractivity contribution >= 4 is 22.4 Å². The Labute approximate surface area is 91.9 Å². The molecule has 0 radical (unpaired) electrons. The van der Waals surface area contributed by atoms with Crippen molar-refractivity contribution in [1.82, 2.24) is 0 Å². The summed E-state index contributed by atoms with van der Waals surface area (Å²) < 4.78 is 11.6. The van der Waals surface area contributed by atoms with Crippen molar-refractivity contribution in [3.05, 3.63) is 34.9 Å². The Hall–Kier alpha value is -0.380. The molecular formula is C10H14ClNOS. The fraction of sp³-hybridized carbons (Fsp3) is 0.400. The molecule has 0 saturated carbocycles. The lowest BCUT2D eigenvalue weighted by Crippen LogP contribution is -2.22. The van der Waals surface area contributed by atoms with Gasteiger partial charge in [-0.1, -0.05) is 23.7 Å². The Balaban J connectivity index is 2.60. The van der Waals surface area contributed by atoms with Crippen LogP contribution in [0.4, 0.5) is 0 Å². The molecule has 0 aromatic heterocycles. The standard InChI is InChI=1S/C10H14ClNOS/c1-8(6-12)14(13)7-9-2-4-10(11)5-3-9/h2-5,8H,6-7,12H2,1H3. The third kappa shape index (κ3) is 3.40. The van der Waals surface area contributed by atoms with Gasteiger partial charge in [-0.2, -0.15) is 0 Å². The highest BCUT2D eigenvalue weighted by Crippen LogP contribution is 2.12. The van der Waals surface area contributed by atoms with E-state index in [-0.39, 0.29) is 5.25 Å². The van der Waals surface area contributed by atoms with E-state index in [2.05, 4.69) is 0 Å². The first kappa shape index (κ1) is 11.7. The number of hydrogen-bond donors (Lipinski definition) is 1. The van der Waals surface area contributed by atoms with Gasteiger partial charge in [-0.15, -0.1) is 0 Å². The molecule has 1 rings (SSSR count). The molecule has 0 aliphatic carbocycles. The quantitative estimate of drug-likeness (QED) is 0.861. The SMILES string of the molecule is CC(CN)S(=O)Cc1ccc(Cl)cc1. The van der Waals surface area contributed by atoms with Crippen LogP contribution >= 0.6 is 11.6 Å². The van der Waals surface area contributed by atoms with Gasteiger partial charge >= 0.3 is 0 Å². The Kier molecular flexibility index (Phi) is 4.58. The maximum atomic E-state index is 11.6. The van der Waals surface area contributed by atoms with E-state index < -0.39 is 10.8 Å². The monoisotopic (exact) mass is 231 g/mol. The number of rotatable bonds is 4. The Bertz CT molecular complexity index is 312. The summed E-state index contributed by atoms with van der Waals surface area (Å²) >= 11 is 5.74.